The average molecular weight is 326 g/mol. The summed E-state index contributed by atoms with van der Waals surface area (Å²) in [6, 6.07) is 8.82. The fraction of sp³-hybridized carbons (Fsp3) is 0.133. The Morgan fingerprint density at radius 3 is 2.62 bits per heavy atom. The number of aliphatic hydroxyl groups is 1. The van der Waals surface area contributed by atoms with Gasteiger partial charge in [-0.05, 0) is 35.9 Å². The van der Waals surface area contributed by atoms with Crippen LogP contribution >= 0.6 is 23.2 Å². The number of aliphatic hydroxyl groups excluding tert-OH is 1. The van der Waals surface area contributed by atoms with E-state index >= 15 is 0 Å². The van der Waals surface area contributed by atoms with Crippen molar-refractivity contribution in [3.63, 3.8) is 0 Å². The average Bonchev–Trinajstić information content (AvgIpc) is 2.44. The number of nitriles is 1. The number of nitrogens with zero attached hydrogens (tertiary/aromatic N) is 1. The Kier molecular flexibility index (Phi) is 5.03. The lowest BCUT2D eigenvalue weighted by molar-refractivity contribution is 0.259. The Bertz CT molecular complexity index is 714. The van der Waals surface area contributed by atoms with Crippen molar-refractivity contribution >= 4 is 23.2 Å². The van der Waals surface area contributed by atoms with Crippen molar-refractivity contribution in [2.24, 2.45) is 0 Å². The highest BCUT2D eigenvalue weighted by Gasteiger charge is 2.11. The molecule has 0 saturated heterocycles. The van der Waals surface area contributed by atoms with E-state index in [1.807, 2.05) is 6.07 Å². The normalized spacial score (nSPS) is 10.2. The van der Waals surface area contributed by atoms with Gasteiger partial charge in [-0.2, -0.15) is 5.26 Å². The van der Waals surface area contributed by atoms with Crippen LogP contribution in [-0.2, 0) is 13.2 Å². The molecule has 6 heteroatoms. The zero-order chi connectivity index (χ0) is 15.4. The lowest BCUT2D eigenvalue weighted by Gasteiger charge is -2.13. The number of hydrogen-bond donors (Lipinski definition) is 1. The fourth-order valence-electron chi connectivity index (χ4n) is 1.85. The van der Waals surface area contributed by atoms with Crippen molar-refractivity contribution in [3.05, 3.63) is 62.9 Å². The van der Waals surface area contributed by atoms with Crippen LogP contribution in [0.4, 0.5) is 4.39 Å². The summed E-state index contributed by atoms with van der Waals surface area (Å²) >= 11 is 11.9. The smallest absolute Gasteiger partial charge is 0.144 e. The van der Waals surface area contributed by atoms with Crippen molar-refractivity contribution in [2.75, 3.05) is 0 Å². The molecule has 0 aliphatic rings. The molecule has 0 aliphatic heterocycles. The van der Waals surface area contributed by atoms with Crippen molar-refractivity contribution in [1.29, 1.82) is 5.26 Å². The molecule has 108 valence electrons. The Labute approximate surface area is 131 Å². The van der Waals surface area contributed by atoms with Crippen LogP contribution in [0.25, 0.3) is 0 Å². The van der Waals surface area contributed by atoms with Gasteiger partial charge in [0.25, 0.3) is 0 Å². The molecule has 2 aromatic rings. The molecule has 3 nitrogen and oxygen atoms in total. The third kappa shape index (κ3) is 3.85. The molecule has 0 heterocycles. The van der Waals surface area contributed by atoms with Crippen molar-refractivity contribution in [2.45, 2.75) is 13.2 Å². The monoisotopic (exact) mass is 325 g/mol. The van der Waals surface area contributed by atoms with E-state index in [1.54, 1.807) is 0 Å². The summed E-state index contributed by atoms with van der Waals surface area (Å²) in [6.45, 7) is -0.275. The van der Waals surface area contributed by atoms with E-state index in [-0.39, 0.29) is 29.5 Å². The molecule has 0 atom stereocenters. The first-order valence-electron chi connectivity index (χ1n) is 5.94. The van der Waals surface area contributed by atoms with Crippen LogP contribution in [0.2, 0.25) is 10.0 Å². The molecule has 0 aliphatic carbocycles. The summed E-state index contributed by atoms with van der Waals surface area (Å²) in [7, 11) is 0. The molecule has 0 fully saturated rings. The summed E-state index contributed by atoms with van der Waals surface area (Å²) in [6.07, 6.45) is 0. The molecule has 0 amide bonds. The molecule has 2 rings (SSSR count). The van der Waals surface area contributed by atoms with Crippen LogP contribution < -0.4 is 4.74 Å². The van der Waals surface area contributed by atoms with Crippen molar-refractivity contribution < 1.29 is 14.2 Å². The molecular weight excluding hydrogens is 316 g/mol. The molecule has 0 radical (unpaired) electrons. The number of rotatable bonds is 4. The van der Waals surface area contributed by atoms with Crippen LogP contribution in [0.5, 0.6) is 5.75 Å². The van der Waals surface area contributed by atoms with E-state index < -0.39 is 5.82 Å². The molecule has 0 saturated carbocycles. The molecule has 0 unspecified atom stereocenters. The minimum atomic E-state index is -0.516. The first-order chi connectivity index (χ1) is 10.0. The van der Waals surface area contributed by atoms with Gasteiger partial charge in [-0.15, -0.1) is 0 Å². The Hall–Kier alpha value is -1.80. The van der Waals surface area contributed by atoms with Crippen LogP contribution in [-0.4, -0.2) is 5.11 Å². The number of ether oxygens (including phenoxy) is 1. The second kappa shape index (κ2) is 6.77. The second-order valence-corrected chi connectivity index (χ2v) is 5.13. The highest BCUT2D eigenvalue weighted by molar-refractivity contribution is 6.35. The van der Waals surface area contributed by atoms with Crippen LogP contribution in [0.3, 0.4) is 0 Å². The van der Waals surface area contributed by atoms with E-state index in [4.69, 9.17) is 33.2 Å². The maximum atomic E-state index is 13.3. The van der Waals surface area contributed by atoms with E-state index in [0.717, 1.165) is 6.07 Å². The van der Waals surface area contributed by atoms with Gasteiger partial charge in [0.15, 0.2) is 0 Å². The first-order valence-corrected chi connectivity index (χ1v) is 6.70. The summed E-state index contributed by atoms with van der Waals surface area (Å²) in [5, 5.41) is 18.7. The summed E-state index contributed by atoms with van der Waals surface area (Å²) in [5.74, 6) is -0.233. The van der Waals surface area contributed by atoms with Gasteiger partial charge in [-0.25, -0.2) is 4.39 Å². The molecule has 2 aromatic carbocycles. The zero-order valence-corrected chi connectivity index (χ0v) is 12.2. The van der Waals surface area contributed by atoms with E-state index in [1.165, 1.54) is 24.3 Å². The van der Waals surface area contributed by atoms with Crippen molar-refractivity contribution in [1.82, 2.24) is 0 Å². The molecule has 0 bridgehead atoms. The fourth-order valence-corrected chi connectivity index (χ4v) is 2.44. The van der Waals surface area contributed by atoms with Gasteiger partial charge in [0.05, 0.1) is 23.3 Å². The molecular formula is C15H10Cl2FNO2. The predicted octanol–water partition coefficient (Wildman–Crippen LogP) is 4.08. The minimum absolute atomic E-state index is 0.0147. The largest absolute Gasteiger partial charge is 0.487 e. The number of halogens is 3. The van der Waals surface area contributed by atoms with E-state index in [9.17, 15) is 9.50 Å². The molecule has 0 aromatic heterocycles. The maximum absolute atomic E-state index is 13.3. The first kappa shape index (κ1) is 15.6. The van der Waals surface area contributed by atoms with E-state index in [0.29, 0.717) is 16.1 Å². The molecule has 1 N–H and O–H groups in total. The predicted molar refractivity (Wildman–Crippen MR) is 77.8 cm³/mol. The minimum Gasteiger partial charge on any atom is -0.487 e. The Morgan fingerprint density at radius 2 is 1.95 bits per heavy atom. The van der Waals surface area contributed by atoms with Crippen LogP contribution in [0, 0.1) is 17.1 Å². The lowest BCUT2D eigenvalue weighted by Crippen LogP contribution is -2.01. The third-order valence-electron chi connectivity index (χ3n) is 2.73. The SMILES string of the molecule is N#Cc1cc(F)cc(COc2c(Cl)cc(Cl)cc2CO)c1. The Balaban J connectivity index is 2.25. The van der Waals surface area contributed by atoms with Gasteiger partial charge < -0.3 is 9.84 Å². The second-order valence-electron chi connectivity index (χ2n) is 4.28. The van der Waals surface area contributed by atoms with Gasteiger partial charge in [-0.3, -0.25) is 0 Å². The van der Waals surface area contributed by atoms with Crippen molar-refractivity contribution in [3.8, 4) is 11.8 Å². The summed E-state index contributed by atoms with van der Waals surface area (Å²) < 4.78 is 18.9. The Morgan fingerprint density at radius 1 is 1.19 bits per heavy atom. The standard InChI is InChI=1S/C15H10Cl2FNO2/c16-12-4-11(7-20)15(14(17)5-12)21-8-10-1-9(6-19)2-13(18)3-10/h1-5,20H,7-8H2. The zero-order valence-electron chi connectivity index (χ0n) is 10.7. The van der Waals surface area contributed by atoms with Gasteiger partial charge in [-0.1, -0.05) is 23.2 Å². The van der Waals surface area contributed by atoms with Gasteiger partial charge in [0, 0.05) is 10.6 Å². The van der Waals surface area contributed by atoms with Gasteiger partial charge in [0.1, 0.15) is 18.2 Å². The summed E-state index contributed by atoms with van der Waals surface area (Å²) in [4.78, 5) is 0. The lowest BCUT2D eigenvalue weighted by atomic mass is 10.1. The molecule has 0 spiro atoms. The van der Waals surface area contributed by atoms with E-state index in [2.05, 4.69) is 0 Å². The summed E-state index contributed by atoms with van der Waals surface area (Å²) in [5.41, 5.74) is 1.13. The molecule has 21 heavy (non-hydrogen) atoms. The van der Waals surface area contributed by atoms with Crippen LogP contribution in [0.15, 0.2) is 30.3 Å². The highest BCUT2D eigenvalue weighted by Crippen LogP contribution is 2.33. The topological polar surface area (TPSA) is 53.2 Å². The highest BCUT2D eigenvalue weighted by atomic mass is 35.5. The van der Waals surface area contributed by atoms with Crippen LogP contribution in [0.1, 0.15) is 16.7 Å². The number of hydrogen-bond acceptors (Lipinski definition) is 3. The van der Waals surface area contributed by atoms with Gasteiger partial charge in [0.2, 0.25) is 0 Å². The quantitative estimate of drug-likeness (QED) is 0.921. The number of benzene rings is 2. The maximum Gasteiger partial charge on any atom is 0.144 e. The van der Waals surface area contributed by atoms with Gasteiger partial charge >= 0.3 is 0 Å². The third-order valence-corrected chi connectivity index (χ3v) is 3.22.